The molecule has 6 heteroatoms. The van der Waals surface area contributed by atoms with Crippen molar-refractivity contribution in [3.8, 4) is 0 Å². The fourth-order valence-corrected chi connectivity index (χ4v) is 3.23. The third-order valence-corrected chi connectivity index (χ3v) is 5.05. The molecule has 3 aromatic rings. The van der Waals surface area contributed by atoms with Gasteiger partial charge in [-0.2, -0.15) is 0 Å². The lowest BCUT2D eigenvalue weighted by Gasteiger charge is -2.32. The van der Waals surface area contributed by atoms with E-state index in [2.05, 4.69) is 10.3 Å². The predicted octanol–water partition coefficient (Wildman–Crippen LogP) is 3.96. The molecule has 1 aromatic heterocycles. The van der Waals surface area contributed by atoms with Crippen LogP contribution >= 0.6 is 0 Å². The van der Waals surface area contributed by atoms with Gasteiger partial charge in [-0.3, -0.25) is 14.6 Å². The Hall–Kier alpha value is -3.51. The molecule has 6 nitrogen and oxygen atoms in total. The second-order valence-electron chi connectivity index (χ2n) is 8.24. The molecule has 0 radical (unpaired) electrons. The first kappa shape index (κ1) is 22.2. The number of benzene rings is 2. The number of amides is 2. The SMILES string of the molecule is CC(C)(CN)CN(Cc1ccccc1NC(=O)c1ccncc1)C(=O)c1ccccc1. The molecule has 2 amide bonds. The Balaban J connectivity index is 1.87. The highest BCUT2D eigenvalue weighted by Crippen LogP contribution is 2.23. The topological polar surface area (TPSA) is 88.3 Å². The number of carbonyl (C=O) groups is 2. The Morgan fingerprint density at radius 1 is 0.935 bits per heavy atom. The van der Waals surface area contributed by atoms with Crippen LogP contribution in [0.25, 0.3) is 0 Å². The Kier molecular flexibility index (Phi) is 7.15. The summed E-state index contributed by atoms with van der Waals surface area (Å²) in [5.41, 5.74) is 8.35. The van der Waals surface area contributed by atoms with Crippen LogP contribution < -0.4 is 11.1 Å². The maximum Gasteiger partial charge on any atom is 0.255 e. The first-order valence-corrected chi connectivity index (χ1v) is 10.2. The number of hydrogen-bond donors (Lipinski definition) is 2. The van der Waals surface area contributed by atoms with Gasteiger partial charge >= 0.3 is 0 Å². The van der Waals surface area contributed by atoms with Gasteiger partial charge in [0.2, 0.25) is 0 Å². The number of pyridine rings is 1. The summed E-state index contributed by atoms with van der Waals surface area (Å²) in [7, 11) is 0. The lowest BCUT2D eigenvalue weighted by atomic mass is 9.92. The van der Waals surface area contributed by atoms with E-state index in [1.165, 1.54) is 0 Å². The van der Waals surface area contributed by atoms with Crippen molar-refractivity contribution in [1.29, 1.82) is 0 Å². The van der Waals surface area contributed by atoms with Crippen LogP contribution in [0.3, 0.4) is 0 Å². The number of rotatable bonds is 8. The maximum atomic E-state index is 13.3. The third-order valence-electron chi connectivity index (χ3n) is 5.05. The van der Waals surface area contributed by atoms with E-state index in [1.54, 1.807) is 29.4 Å². The van der Waals surface area contributed by atoms with Crippen molar-refractivity contribution < 1.29 is 9.59 Å². The van der Waals surface area contributed by atoms with E-state index in [-0.39, 0.29) is 17.2 Å². The van der Waals surface area contributed by atoms with Gasteiger partial charge in [-0.1, -0.05) is 50.2 Å². The van der Waals surface area contributed by atoms with Gasteiger partial charge in [0, 0.05) is 42.3 Å². The quantitative estimate of drug-likeness (QED) is 0.582. The molecule has 0 fully saturated rings. The normalized spacial score (nSPS) is 11.1. The minimum absolute atomic E-state index is 0.0719. The third kappa shape index (κ3) is 5.99. The molecule has 3 N–H and O–H groups in total. The Morgan fingerprint density at radius 3 is 2.26 bits per heavy atom. The summed E-state index contributed by atoms with van der Waals surface area (Å²) in [5.74, 6) is -0.296. The molecule has 0 aliphatic heterocycles. The Morgan fingerprint density at radius 2 is 1.58 bits per heavy atom. The first-order valence-electron chi connectivity index (χ1n) is 10.2. The number of nitrogens with one attached hydrogen (secondary N) is 1. The second kappa shape index (κ2) is 10.00. The van der Waals surface area contributed by atoms with E-state index >= 15 is 0 Å². The number of anilines is 1. The predicted molar refractivity (Wildman–Crippen MR) is 123 cm³/mol. The van der Waals surface area contributed by atoms with Gasteiger partial charge in [-0.05, 0) is 47.9 Å². The Labute approximate surface area is 183 Å². The van der Waals surface area contributed by atoms with Gasteiger partial charge in [0.05, 0.1) is 0 Å². The van der Waals surface area contributed by atoms with Gasteiger partial charge in [-0.25, -0.2) is 0 Å². The van der Waals surface area contributed by atoms with Gasteiger partial charge in [0.25, 0.3) is 11.8 Å². The highest BCUT2D eigenvalue weighted by atomic mass is 16.2. The van der Waals surface area contributed by atoms with Crippen molar-refractivity contribution >= 4 is 17.5 Å². The van der Waals surface area contributed by atoms with E-state index < -0.39 is 0 Å². The highest BCUT2D eigenvalue weighted by molar-refractivity contribution is 6.04. The molecular formula is C25H28N4O2. The van der Waals surface area contributed by atoms with Crippen LogP contribution in [0.15, 0.2) is 79.1 Å². The van der Waals surface area contributed by atoms with Crippen molar-refractivity contribution in [2.75, 3.05) is 18.4 Å². The summed E-state index contributed by atoms with van der Waals surface area (Å²) in [6, 6.07) is 20.0. The number of carbonyl (C=O) groups excluding carboxylic acids is 2. The summed E-state index contributed by atoms with van der Waals surface area (Å²) in [5, 5.41) is 2.96. The summed E-state index contributed by atoms with van der Waals surface area (Å²) in [4.78, 5) is 31.7. The van der Waals surface area contributed by atoms with Crippen molar-refractivity contribution in [2.24, 2.45) is 11.1 Å². The van der Waals surface area contributed by atoms with Crippen LogP contribution in [-0.4, -0.2) is 34.8 Å². The number of aromatic nitrogens is 1. The molecule has 0 spiro atoms. The zero-order chi connectivity index (χ0) is 22.3. The fraction of sp³-hybridized carbons (Fsp3) is 0.240. The Bertz CT molecular complexity index is 1020. The zero-order valence-electron chi connectivity index (χ0n) is 17.9. The van der Waals surface area contributed by atoms with Crippen molar-refractivity contribution in [2.45, 2.75) is 20.4 Å². The summed E-state index contributed by atoms with van der Waals surface area (Å²) in [6.45, 7) is 5.37. The molecule has 0 saturated carbocycles. The maximum absolute atomic E-state index is 13.3. The average Bonchev–Trinajstić information content (AvgIpc) is 2.80. The van der Waals surface area contributed by atoms with E-state index in [9.17, 15) is 9.59 Å². The van der Waals surface area contributed by atoms with E-state index in [1.807, 2.05) is 68.4 Å². The van der Waals surface area contributed by atoms with Crippen LogP contribution in [0.2, 0.25) is 0 Å². The minimum Gasteiger partial charge on any atom is -0.334 e. The number of nitrogens with two attached hydrogens (primary N) is 1. The average molecular weight is 417 g/mol. The monoisotopic (exact) mass is 416 g/mol. The van der Waals surface area contributed by atoms with Crippen LogP contribution in [0.5, 0.6) is 0 Å². The molecule has 31 heavy (non-hydrogen) atoms. The molecule has 0 aliphatic carbocycles. The van der Waals surface area contributed by atoms with Gasteiger partial charge in [-0.15, -0.1) is 0 Å². The summed E-state index contributed by atoms with van der Waals surface area (Å²) >= 11 is 0. The van der Waals surface area contributed by atoms with Crippen molar-refractivity contribution in [3.63, 3.8) is 0 Å². The number of hydrogen-bond acceptors (Lipinski definition) is 4. The van der Waals surface area contributed by atoms with E-state index in [0.717, 1.165) is 5.56 Å². The minimum atomic E-state index is -0.250. The lowest BCUT2D eigenvalue weighted by Crippen LogP contribution is -2.41. The van der Waals surface area contributed by atoms with E-state index in [4.69, 9.17) is 5.73 Å². The number of nitrogens with zero attached hydrogens (tertiary/aromatic N) is 2. The standard InChI is InChI=1S/C25H28N4O2/c1-25(2,17-26)18-29(24(31)20-8-4-3-5-9-20)16-21-10-6-7-11-22(21)28-23(30)19-12-14-27-15-13-19/h3-15H,16-18,26H2,1-2H3,(H,28,30). The van der Waals surface area contributed by atoms with Gasteiger partial charge in [0.1, 0.15) is 0 Å². The van der Waals surface area contributed by atoms with Gasteiger partial charge < -0.3 is 16.0 Å². The smallest absolute Gasteiger partial charge is 0.255 e. The molecule has 3 rings (SSSR count). The van der Waals surface area contributed by atoms with Gasteiger partial charge in [0.15, 0.2) is 0 Å². The molecule has 0 aliphatic rings. The summed E-state index contributed by atoms with van der Waals surface area (Å²) < 4.78 is 0. The zero-order valence-corrected chi connectivity index (χ0v) is 17.9. The van der Waals surface area contributed by atoms with Crippen molar-refractivity contribution in [1.82, 2.24) is 9.88 Å². The molecule has 0 bridgehead atoms. The molecule has 0 unspecified atom stereocenters. The molecule has 0 saturated heterocycles. The molecular weight excluding hydrogens is 388 g/mol. The fourth-order valence-electron chi connectivity index (χ4n) is 3.23. The van der Waals surface area contributed by atoms with Crippen molar-refractivity contribution in [3.05, 3.63) is 95.8 Å². The first-order chi connectivity index (χ1) is 14.9. The van der Waals surface area contributed by atoms with Crippen LogP contribution in [0, 0.1) is 5.41 Å². The summed E-state index contributed by atoms with van der Waals surface area (Å²) in [6.07, 6.45) is 3.16. The molecule has 160 valence electrons. The number of para-hydroxylation sites is 1. The lowest BCUT2D eigenvalue weighted by molar-refractivity contribution is 0.0674. The second-order valence-corrected chi connectivity index (χ2v) is 8.24. The van der Waals surface area contributed by atoms with Crippen LogP contribution in [0.1, 0.15) is 40.1 Å². The van der Waals surface area contributed by atoms with E-state index in [0.29, 0.717) is 36.4 Å². The molecule has 0 atom stereocenters. The van der Waals surface area contributed by atoms with Crippen LogP contribution in [-0.2, 0) is 6.54 Å². The highest BCUT2D eigenvalue weighted by Gasteiger charge is 2.25. The molecule has 1 heterocycles. The van der Waals surface area contributed by atoms with Crippen LogP contribution in [0.4, 0.5) is 5.69 Å². The molecule has 2 aromatic carbocycles. The largest absolute Gasteiger partial charge is 0.334 e.